The van der Waals surface area contributed by atoms with Crippen LogP contribution in [0.5, 0.6) is 0 Å². The Morgan fingerprint density at radius 1 is 1.24 bits per heavy atom. The molecule has 25 heavy (non-hydrogen) atoms. The molecule has 0 saturated carbocycles. The molecule has 1 aromatic heterocycles. The maximum atomic E-state index is 12.6. The molecule has 0 radical (unpaired) electrons. The zero-order valence-corrected chi connectivity index (χ0v) is 14.3. The number of nitrogens with one attached hydrogen (secondary N) is 2. The number of benzene rings is 1. The normalized spacial score (nSPS) is 16.4. The van der Waals surface area contributed by atoms with Gasteiger partial charge in [0.1, 0.15) is 5.69 Å². The summed E-state index contributed by atoms with van der Waals surface area (Å²) in [6.45, 7) is 5.35. The second-order valence-electron chi connectivity index (χ2n) is 6.21. The fourth-order valence-electron chi connectivity index (χ4n) is 2.93. The summed E-state index contributed by atoms with van der Waals surface area (Å²) >= 11 is 0. The van der Waals surface area contributed by atoms with Crippen LogP contribution in [0.4, 0.5) is 0 Å². The highest BCUT2D eigenvalue weighted by Crippen LogP contribution is 2.16. The lowest BCUT2D eigenvalue weighted by atomic mass is 10.1. The van der Waals surface area contributed by atoms with Gasteiger partial charge in [-0.2, -0.15) is 0 Å². The largest absolute Gasteiger partial charge is 0.379 e. The number of rotatable bonds is 6. The SMILES string of the molecule is CC(=O)c1c[nH]c(C(=O)N[C@H](CN2CCOCC2)c2ccccc2)c1. The molecule has 1 aliphatic heterocycles. The van der Waals surface area contributed by atoms with Crippen LogP contribution in [0, 0.1) is 0 Å². The number of Topliss-reactive ketones (excluding diaryl/α,β-unsaturated/α-hetero) is 1. The van der Waals surface area contributed by atoms with Crippen molar-refractivity contribution in [2.75, 3.05) is 32.8 Å². The molecule has 6 heteroatoms. The molecule has 1 aromatic carbocycles. The first-order chi connectivity index (χ1) is 12.1. The topological polar surface area (TPSA) is 74.4 Å². The number of amides is 1. The van der Waals surface area contributed by atoms with Crippen molar-refractivity contribution >= 4 is 11.7 Å². The predicted octanol–water partition coefficient (Wildman–Crippen LogP) is 2.02. The van der Waals surface area contributed by atoms with Gasteiger partial charge in [-0.25, -0.2) is 0 Å². The second-order valence-corrected chi connectivity index (χ2v) is 6.21. The number of morpholine rings is 1. The fraction of sp³-hybridized carbons (Fsp3) is 0.368. The molecule has 0 aliphatic carbocycles. The summed E-state index contributed by atoms with van der Waals surface area (Å²) in [4.78, 5) is 29.2. The molecule has 1 saturated heterocycles. The molecule has 1 atom stereocenters. The Balaban J connectivity index is 1.73. The van der Waals surface area contributed by atoms with E-state index >= 15 is 0 Å². The molecule has 6 nitrogen and oxygen atoms in total. The van der Waals surface area contributed by atoms with Crippen LogP contribution in [0.1, 0.15) is 39.4 Å². The van der Waals surface area contributed by atoms with Crippen LogP contribution in [0.25, 0.3) is 0 Å². The number of ketones is 1. The highest BCUT2D eigenvalue weighted by atomic mass is 16.5. The first-order valence-corrected chi connectivity index (χ1v) is 8.49. The molecule has 0 unspecified atom stereocenters. The van der Waals surface area contributed by atoms with Crippen molar-refractivity contribution in [3.8, 4) is 0 Å². The van der Waals surface area contributed by atoms with Crippen LogP contribution < -0.4 is 5.32 Å². The van der Waals surface area contributed by atoms with Gasteiger partial charge in [0, 0.05) is 31.4 Å². The standard InChI is InChI=1S/C19H23N3O3/c1-14(23)16-11-17(20-12-16)19(24)21-18(15-5-3-2-4-6-15)13-22-7-9-25-10-8-22/h2-6,11-12,18,20H,7-10,13H2,1H3,(H,21,24)/t18-/m1/s1. The van der Waals surface area contributed by atoms with Crippen LogP contribution in [-0.4, -0.2) is 54.4 Å². The number of ether oxygens (including phenoxy) is 1. The Hall–Kier alpha value is -2.44. The monoisotopic (exact) mass is 341 g/mol. The first kappa shape index (κ1) is 17.4. The van der Waals surface area contributed by atoms with Gasteiger partial charge in [-0.3, -0.25) is 14.5 Å². The van der Waals surface area contributed by atoms with Gasteiger partial charge in [0.05, 0.1) is 19.3 Å². The number of nitrogens with zero attached hydrogens (tertiary/aromatic N) is 1. The average Bonchev–Trinajstić information content (AvgIpc) is 3.13. The van der Waals surface area contributed by atoms with E-state index in [1.165, 1.54) is 6.92 Å². The number of carbonyl (C=O) groups excluding carboxylic acids is 2. The Bertz CT molecular complexity index is 721. The fourth-order valence-corrected chi connectivity index (χ4v) is 2.93. The summed E-state index contributed by atoms with van der Waals surface area (Å²) in [5, 5.41) is 3.09. The molecule has 1 amide bonds. The van der Waals surface area contributed by atoms with Gasteiger partial charge in [0.2, 0.25) is 0 Å². The number of aromatic amines is 1. The summed E-state index contributed by atoms with van der Waals surface area (Å²) in [6.07, 6.45) is 1.57. The van der Waals surface area contributed by atoms with E-state index in [-0.39, 0.29) is 17.7 Å². The molecular formula is C19H23N3O3. The third-order valence-electron chi connectivity index (χ3n) is 4.39. The molecule has 2 aromatic rings. The first-order valence-electron chi connectivity index (χ1n) is 8.49. The third kappa shape index (κ3) is 4.55. The summed E-state index contributed by atoms with van der Waals surface area (Å²) in [5.41, 5.74) is 1.96. The molecule has 1 fully saturated rings. The maximum Gasteiger partial charge on any atom is 0.268 e. The minimum Gasteiger partial charge on any atom is -0.379 e. The van der Waals surface area contributed by atoms with E-state index in [1.54, 1.807) is 12.3 Å². The van der Waals surface area contributed by atoms with Crippen LogP contribution in [0.3, 0.4) is 0 Å². The van der Waals surface area contributed by atoms with Crippen molar-refractivity contribution in [3.63, 3.8) is 0 Å². The Morgan fingerprint density at radius 3 is 2.60 bits per heavy atom. The van der Waals surface area contributed by atoms with Gasteiger partial charge in [0.15, 0.2) is 5.78 Å². The summed E-state index contributed by atoms with van der Waals surface area (Å²) in [7, 11) is 0. The van der Waals surface area contributed by atoms with E-state index in [9.17, 15) is 9.59 Å². The van der Waals surface area contributed by atoms with Gasteiger partial charge < -0.3 is 15.0 Å². The minimum atomic E-state index is -0.213. The second kappa shape index (κ2) is 8.09. The van der Waals surface area contributed by atoms with E-state index in [2.05, 4.69) is 15.2 Å². The molecular weight excluding hydrogens is 318 g/mol. The number of carbonyl (C=O) groups is 2. The Labute approximate surface area is 147 Å². The predicted molar refractivity (Wildman–Crippen MR) is 94.7 cm³/mol. The van der Waals surface area contributed by atoms with Gasteiger partial charge in [0.25, 0.3) is 5.91 Å². The molecule has 1 aliphatic rings. The maximum absolute atomic E-state index is 12.6. The number of hydrogen-bond donors (Lipinski definition) is 2. The minimum absolute atomic E-state index is 0.0665. The molecule has 2 N–H and O–H groups in total. The van der Waals surface area contributed by atoms with Crippen LogP contribution in [0.15, 0.2) is 42.6 Å². The summed E-state index contributed by atoms with van der Waals surface area (Å²) in [5.74, 6) is -0.280. The zero-order chi connectivity index (χ0) is 17.6. The van der Waals surface area contributed by atoms with Gasteiger partial charge in [-0.15, -0.1) is 0 Å². The van der Waals surface area contributed by atoms with E-state index in [1.807, 2.05) is 30.3 Å². The van der Waals surface area contributed by atoms with Crippen LogP contribution in [-0.2, 0) is 4.74 Å². The summed E-state index contributed by atoms with van der Waals surface area (Å²) < 4.78 is 5.40. The van der Waals surface area contributed by atoms with Gasteiger partial charge in [-0.1, -0.05) is 30.3 Å². The van der Waals surface area contributed by atoms with Gasteiger partial charge >= 0.3 is 0 Å². The van der Waals surface area contributed by atoms with Crippen molar-refractivity contribution in [1.29, 1.82) is 0 Å². The van der Waals surface area contributed by atoms with Crippen molar-refractivity contribution in [1.82, 2.24) is 15.2 Å². The smallest absolute Gasteiger partial charge is 0.268 e. The number of H-pyrrole nitrogens is 1. The quantitative estimate of drug-likeness (QED) is 0.789. The molecule has 132 valence electrons. The molecule has 3 rings (SSSR count). The Kier molecular flexibility index (Phi) is 5.63. The van der Waals surface area contributed by atoms with Crippen molar-refractivity contribution in [2.45, 2.75) is 13.0 Å². The van der Waals surface area contributed by atoms with E-state index in [0.717, 1.165) is 25.2 Å². The van der Waals surface area contributed by atoms with Crippen molar-refractivity contribution in [2.24, 2.45) is 0 Å². The van der Waals surface area contributed by atoms with Crippen LogP contribution >= 0.6 is 0 Å². The molecule has 2 heterocycles. The molecule has 0 bridgehead atoms. The third-order valence-corrected chi connectivity index (χ3v) is 4.39. The van der Waals surface area contributed by atoms with Crippen molar-refractivity contribution in [3.05, 3.63) is 59.4 Å². The van der Waals surface area contributed by atoms with Gasteiger partial charge in [-0.05, 0) is 18.6 Å². The summed E-state index contributed by atoms with van der Waals surface area (Å²) in [6, 6.07) is 11.4. The highest BCUT2D eigenvalue weighted by molar-refractivity contribution is 5.99. The van der Waals surface area contributed by atoms with Crippen LogP contribution in [0.2, 0.25) is 0 Å². The lowest BCUT2D eigenvalue weighted by Gasteiger charge is -2.31. The van der Waals surface area contributed by atoms with Crippen molar-refractivity contribution < 1.29 is 14.3 Å². The molecule has 0 spiro atoms. The number of hydrogen-bond acceptors (Lipinski definition) is 4. The zero-order valence-electron chi connectivity index (χ0n) is 14.3. The van der Waals surface area contributed by atoms with E-state index in [0.29, 0.717) is 24.5 Å². The highest BCUT2D eigenvalue weighted by Gasteiger charge is 2.21. The van der Waals surface area contributed by atoms with E-state index in [4.69, 9.17) is 4.74 Å². The lowest BCUT2D eigenvalue weighted by molar-refractivity contribution is 0.0332. The lowest BCUT2D eigenvalue weighted by Crippen LogP contribution is -2.43. The average molecular weight is 341 g/mol. The number of aromatic nitrogens is 1. The van der Waals surface area contributed by atoms with E-state index < -0.39 is 0 Å². The Morgan fingerprint density at radius 2 is 1.96 bits per heavy atom.